The van der Waals surface area contributed by atoms with Crippen molar-refractivity contribution in [2.45, 2.75) is 18.7 Å². The smallest absolute Gasteiger partial charge is 0.125 e. The summed E-state index contributed by atoms with van der Waals surface area (Å²) in [7, 11) is 0. The number of rotatable bonds is 2. The van der Waals surface area contributed by atoms with Gasteiger partial charge in [-0.3, -0.25) is 5.43 Å². The number of nitrogens with zero attached hydrogens (tertiary/aromatic N) is 1. The van der Waals surface area contributed by atoms with Crippen LogP contribution in [-0.4, -0.2) is 10.4 Å². The molecule has 0 fully saturated rings. The van der Waals surface area contributed by atoms with Crippen LogP contribution in [0, 0.1) is 0 Å². The second kappa shape index (κ2) is 3.83. The first-order valence-corrected chi connectivity index (χ1v) is 5.33. The molecular formula is C10H12N2S. The van der Waals surface area contributed by atoms with Gasteiger partial charge in [-0.15, -0.1) is 0 Å². The zero-order chi connectivity index (χ0) is 9.10. The summed E-state index contributed by atoms with van der Waals surface area (Å²) in [5.74, 6) is 0. The largest absolute Gasteiger partial charge is 0.295 e. The Hall–Kier alpha value is -0.960. The van der Waals surface area contributed by atoms with Crippen molar-refractivity contribution in [3.8, 4) is 0 Å². The fraction of sp³-hybridized carbons (Fsp3) is 0.300. The summed E-state index contributed by atoms with van der Waals surface area (Å²) in [5.41, 5.74) is 4.31. The van der Waals surface area contributed by atoms with Crippen LogP contribution in [0.2, 0.25) is 0 Å². The highest BCUT2D eigenvalue weighted by molar-refractivity contribution is 8.15. The van der Waals surface area contributed by atoms with E-state index < -0.39 is 0 Å². The summed E-state index contributed by atoms with van der Waals surface area (Å²) in [5, 5.41) is 5.85. The van der Waals surface area contributed by atoms with Crippen molar-refractivity contribution >= 4 is 16.8 Å². The number of benzene rings is 1. The molecule has 0 aromatic heterocycles. The van der Waals surface area contributed by atoms with Crippen LogP contribution in [0.1, 0.15) is 18.9 Å². The Morgan fingerprint density at radius 3 is 2.77 bits per heavy atom. The van der Waals surface area contributed by atoms with Crippen molar-refractivity contribution in [2.75, 3.05) is 0 Å². The third-order valence-corrected chi connectivity index (χ3v) is 3.23. The van der Waals surface area contributed by atoms with Crippen molar-refractivity contribution in [1.82, 2.24) is 5.43 Å². The molecule has 1 unspecified atom stereocenters. The average molecular weight is 192 g/mol. The first-order valence-electron chi connectivity index (χ1n) is 4.45. The van der Waals surface area contributed by atoms with Crippen molar-refractivity contribution < 1.29 is 0 Å². The molecular weight excluding hydrogens is 180 g/mol. The van der Waals surface area contributed by atoms with Crippen molar-refractivity contribution in [3.63, 3.8) is 0 Å². The summed E-state index contributed by atoms with van der Waals surface area (Å²) in [6.07, 6.45) is 1.10. The molecule has 2 rings (SSSR count). The van der Waals surface area contributed by atoms with Gasteiger partial charge in [0.15, 0.2) is 0 Å². The van der Waals surface area contributed by atoms with Gasteiger partial charge in [-0.25, -0.2) is 0 Å². The molecule has 1 heterocycles. The van der Waals surface area contributed by atoms with Crippen molar-refractivity contribution in [1.29, 1.82) is 0 Å². The van der Waals surface area contributed by atoms with Gasteiger partial charge in [0, 0.05) is 5.56 Å². The number of nitrogens with one attached hydrogen (secondary N) is 1. The molecule has 0 aliphatic carbocycles. The third-order valence-electron chi connectivity index (χ3n) is 1.96. The molecule has 68 valence electrons. The first kappa shape index (κ1) is 8.63. The predicted molar refractivity (Wildman–Crippen MR) is 57.8 cm³/mol. The van der Waals surface area contributed by atoms with Gasteiger partial charge in [-0.05, 0) is 6.42 Å². The van der Waals surface area contributed by atoms with E-state index in [0.717, 1.165) is 11.5 Å². The maximum absolute atomic E-state index is 4.29. The number of hydrogen-bond acceptors (Lipinski definition) is 3. The van der Waals surface area contributed by atoms with E-state index in [1.54, 1.807) is 11.8 Å². The Morgan fingerprint density at radius 1 is 1.38 bits per heavy atom. The summed E-state index contributed by atoms with van der Waals surface area (Å²) < 4.78 is 0. The summed E-state index contributed by atoms with van der Waals surface area (Å²) in [6, 6.07) is 10.3. The van der Waals surface area contributed by atoms with E-state index in [9.17, 15) is 0 Å². The zero-order valence-corrected chi connectivity index (χ0v) is 8.34. The SMILES string of the molecule is CCC1NN=C(c2ccccc2)S1. The Kier molecular flexibility index (Phi) is 2.54. The van der Waals surface area contributed by atoms with Crippen LogP contribution >= 0.6 is 11.8 Å². The number of hydrogen-bond donors (Lipinski definition) is 1. The summed E-state index contributed by atoms with van der Waals surface area (Å²) in [6.45, 7) is 2.16. The van der Waals surface area contributed by atoms with Crippen molar-refractivity contribution in [3.05, 3.63) is 35.9 Å². The minimum absolute atomic E-state index is 0.454. The Balaban J connectivity index is 2.12. The molecule has 0 saturated heterocycles. The maximum atomic E-state index is 4.29. The van der Waals surface area contributed by atoms with Crippen LogP contribution in [0.5, 0.6) is 0 Å². The highest BCUT2D eigenvalue weighted by atomic mass is 32.2. The molecule has 1 atom stereocenters. The van der Waals surface area contributed by atoms with E-state index in [-0.39, 0.29) is 0 Å². The average Bonchev–Trinajstić information content (AvgIpc) is 2.67. The van der Waals surface area contributed by atoms with Gasteiger partial charge >= 0.3 is 0 Å². The second-order valence-corrected chi connectivity index (χ2v) is 4.12. The molecule has 3 heteroatoms. The topological polar surface area (TPSA) is 24.4 Å². The fourth-order valence-electron chi connectivity index (χ4n) is 1.21. The third kappa shape index (κ3) is 1.86. The van der Waals surface area contributed by atoms with Crippen molar-refractivity contribution in [2.24, 2.45) is 5.10 Å². The lowest BCUT2D eigenvalue weighted by Crippen LogP contribution is -2.13. The normalized spacial score (nSPS) is 21.0. The second-order valence-electron chi connectivity index (χ2n) is 2.93. The predicted octanol–water partition coefficient (Wildman–Crippen LogP) is 2.42. The lowest BCUT2D eigenvalue weighted by Gasteiger charge is -2.03. The van der Waals surface area contributed by atoms with Crippen LogP contribution in [0.25, 0.3) is 0 Å². The lowest BCUT2D eigenvalue weighted by molar-refractivity contribution is 0.683. The molecule has 2 nitrogen and oxygen atoms in total. The van der Waals surface area contributed by atoms with Crippen LogP contribution in [0.4, 0.5) is 0 Å². The highest BCUT2D eigenvalue weighted by Gasteiger charge is 2.17. The van der Waals surface area contributed by atoms with Gasteiger partial charge in [0.1, 0.15) is 5.04 Å². The van der Waals surface area contributed by atoms with Gasteiger partial charge in [0.2, 0.25) is 0 Å². The quantitative estimate of drug-likeness (QED) is 0.778. The Bertz CT molecular complexity index is 308. The molecule has 1 aliphatic heterocycles. The Labute approximate surface area is 82.4 Å². The number of thioether (sulfide) groups is 1. The monoisotopic (exact) mass is 192 g/mol. The van der Waals surface area contributed by atoms with E-state index in [2.05, 4.69) is 29.6 Å². The van der Waals surface area contributed by atoms with E-state index in [1.807, 2.05) is 18.2 Å². The van der Waals surface area contributed by atoms with Gasteiger partial charge in [-0.2, -0.15) is 5.10 Å². The zero-order valence-electron chi connectivity index (χ0n) is 7.53. The van der Waals surface area contributed by atoms with E-state index in [1.165, 1.54) is 5.56 Å². The molecule has 0 bridgehead atoms. The van der Waals surface area contributed by atoms with Crippen LogP contribution in [-0.2, 0) is 0 Å². The van der Waals surface area contributed by atoms with E-state index in [0.29, 0.717) is 5.37 Å². The van der Waals surface area contributed by atoms with E-state index >= 15 is 0 Å². The van der Waals surface area contributed by atoms with Crippen LogP contribution in [0.3, 0.4) is 0 Å². The molecule has 0 saturated carbocycles. The molecule has 0 radical (unpaired) electrons. The molecule has 1 aliphatic rings. The van der Waals surface area contributed by atoms with Gasteiger partial charge in [0.05, 0.1) is 5.37 Å². The van der Waals surface area contributed by atoms with Gasteiger partial charge in [-0.1, -0.05) is 49.0 Å². The summed E-state index contributed by atoms with van der Waals surface area (Å²) in [4.78, 5) is 0. The van der Waals surface area contributed by atoms with Crippen LogP contribution < -0.4 is 5.43 Å². The van der Waals surface area contributed by atoms with Gasteiger partial charge < -0.3 is 0 Å². The lowest BCUT2D eigenvalue weighted by atomic mass is 10.2. The molecule has 1 N–H and O–H groups in total. The maximum Gasteiger partial charge on any atom is 0.125 e. The Morgan fingerprint density at radius 2 is 2.15 bits per heavy atom. The highest BCUT2D eigenvalue weighted by Crippen LogP contribution is 2.23. The van der Waals surface area contributed by atoms with Gasteiger partial charge in [0.25, 0.3) is 0 Å². The number of hydrazone groups is 1. The van der Waals surface area contributed by atoms with E-state index in [4.69, 9.17) is 0 Å². The molecule has 1 aromatic rings. The molecule has 13 heavy (non-hydrogen) atoms. The fourth-order valence-corrected chi connectivity index (χ4v) is 2.13. The van der Waals surface area contributed by atoms with Crippen LogP contribution in [0.15, 0.2) is 35.4 Å². The minimum atomic E-state index is 0.454. The first-order chi connectivity index (χ1) is 6.40. The minimum Gasteiger partial charge on any atom is -0.295 e. The standard InChI is InChI=1S/C10H12N2S/c1-2-9-11-12-10(13-9)8-6-4-3-5-7-8/h3-7,9,11H,2H2,1H3. The summed E-state index contributed by atoms with van der Waals surface area (Å²) >= 11 is 1.80. The molecule has 0 amide bonds. The molecule has 1 aromatic carbocycles. The molecule has 0 spiro atoms.